The Bertz CT molecular complexity index is 863. The number of ether oxygens (including phenoxy) is 3. The van der Waals surface area contributed by atoms with Gasteiger partial charge in [0.05, 0.1) is 43.2 Å². The van der Waals surface area contributed by atoms with Crippen LogP contribution in [0.3, 0.4) is 0 Å². The van der Waals surface area contributed by atoms with Gasteiger partial charge in [-0.1, -0.05) is 0 Å². The van der Waals surface area contributed by atoms with Gasteiger partial charge in [0.15, 0.2) is 0 Å². The molecule has 1 N–H and O–H groups in total. The first-order chi connectivity index (χ1) is 13.8. The summed E-state index contributed by atoms with van der Waals surface area (Å²) in [5, 5.41) is 12.2. The van der Waals surface area contributed by atoms with Crippen molar-refractivity contribution in [2.24, 2.45) is 0 Å². The summed E-state index contributed by atoms with van der Waals surface area (Å²) in [6.07, 6.45) is 0.923. The minimum Gasteiger partial charge on any atom is -0.465 e. The van der Waals surface area contributed by atoms with Crippen molar-refractivity contribution in [2.45, 2.75) is 26.1 Å². The Morgan fingerprint density at radius 1 is 1.17 bits per heavy atom. The zero-order chi connectivity index (χ0) is 21.6. The van der Waals surface area contributed by atoms with Crippen LogP contribution in [0.5, 0.6) is 0 Å². The second kappa shape index (κ2) is 9.71. The first-order valence-electron chi connectivity index (χ1n) is 8.92. The second-order valence-corrected chi connectivity index (χ2v) is 6.53. The van der Waals surface area contributed by atoms with E-state index in [4.69, 9.17) is 9.47 Å². The van der Waals surface area contributed by atoms with Crippen LogP contribution in [-0.2, 0) is 19.0 Å². The monoisotopic (exact) mass is 401 g/mol. The molecule has 1 fully saturated rings. The first-order valence-corrected chi connectivity index (χ1v) is 8.92. The Morgan fingerprint density at radius 3 is 2.34 bits per heavy atom. The molecule has 9 nitrogen and oxygen atoms in total. The molecule has 0 spiro atoms. The van der Waals surface area contributed by atoms with E-state index < -0.39 is 17.8 Å². The lowest BCUT2D eigenvalue weighted by Gasteiger charge is -2.35. The largest absolute Gasteiger partial charge is 0.465 e. The summed E-state index contributed by atoms with van der Waals surface area (Å²) in [5.74, 6) is -1.69. The average molecular weight is 401 g/mol. The van der Waals surface area contributed by atoms with Crippen LogP contribution in [0.2, 0.25) is 0 Å². The quantitative estimate of drug-likeness (QED) is 0.450. The number of nitrogens with zero attached hydrogens (tertiary/aromatic N) is 2. The molecule has 1 aliphatic heterocycles. The van der Waals surface area contributed by atoms with Crippen LogP contribution >= 0.6 is 0 Å². The van der Waals surface area contributed by atoms with Gasteiger partial charge < -0.3 is 24.4 Å². The molecule has 2 rings (SSSR count). The van der Waals surface area contributed by atoms with Crippen LogP contribution in [-0.4, -0.2) is 62.3 Å². The number of benzene rings is 1. The maximum Gasteiger partial charge on any atom is 0.339 e. The molecular formula is C20H23N3O6. The third-order valence-corrected chi connectivity index (χ3v) is 4.28. The van der Waals surface area contributed by atoms with Crippen molar-refractivity contribution in [3.05, 3.63) is 41.1 Å². The fraction of sp³-hybridized carbons (Fsp3) is 0.400. The van der Waals surface area contributed by atoms with Crippen molar-refractivity contribution >= 4 is 23.5 Å². The Labute approximate surface area is 168 Å². The fourth-order valence-electron chi connectivity index (χ4n) is 3.00. The molecule has 1 saturated heterocycles. The number of esters is 2. The zero-order valence-electron chi connectivity index (χ0n) is 16.7. The molecule has 0 bridgehead atoms. The normalized spacial score (nSPS) is 19.1. The van der Waals surface area contributed by atoms with Crippen molar-refractivity contribution in [3.63, 3.8) is 0 Å². The highest BCUT2D eigenvalue weighted by molar-refractivity contribution is 6.00. The fourth-order valence-corrected chi connectivity index (χ4v) is 3.00. The predicted octanol–water partition coefficient (Wildman–Crippen LogP) is 1.71. The SMILES string of the molecule is COC(=O)c1ccc(C(=O)OC)c(N/C=C(/C#N)C(=O)N2CC(C)OC(C)C2)c1. The lowest BCUT2D eigenvalue weighted by atomic mass is 10.1. The highest BCUT2D eigenvalue weighted by Gasteiger charge is 2.28. The summed E-state index contributed by atoms with van der Waals surface area (Å²) in [6.45, 7) is 4.44. The van der Waals surface area contributed by atoms with E-state index in [1.165, 1.54) is 38.6 Å². The number of anilines is 1. The van der Waals surface area contributed by atoms with Crippen LogP contribution in [0.1, 0.15) is 34.6 Å². The molecule has 0 aliphatic carbocycles. The Kier molecular flexibility index (Phi) is 7.33. The minimum absolute atomic E-state index is 0.134. The summed E-state index contributed by atoms with van der Waals surface area (Å²) in [6, 6.07) is 6.06. The lowest BCUT2D eigenvalue weighted by molar-refractivity contribution is -0.138. The summed E-state index contributed by atoms with van der Waals surface area (Å²) in [5.41, 5.74) is 0.376. The van der Waals surface area contributed by atoms with Crippen molar-refractivity contribution < 1.29 is 28.6 Å². The average Bonchev–Trinajstić information content (AvgIpc) is 2.71. The van der Waals surface area contributed by atoms with Crippen molar-refractivity contribution in [1.29, 1.82) is 5.26 Å². The van der Waals surface area contributed by atoms with Gasteiger partial charge in [0.2, 0.25) is 0 Å². The van der Waals surface area contributed by atoms with Gasteiger partial charge in [-0.25, -0.2) is 9.59 Å². The van der Waals surface area contributed by atoms with E-state index in [-0.39, 0.29) is 34.6 Å². The van der Waals surface area contributed by atoms with Gasteiger partial charge in [-0.15, -0.1) is 0 Å². The van der Waals surface area contributed by atoms with Gasteiger partial charge in [-0.3, -0.25) is 4.79 Å². The minimum atomic E-state index is -0.641. The highest BCUT2D eigenvalue weighted by Crippen LogP contribution is 2.21. The molecule has 1 aromatic rings. The molecule has 0 radical (unpaired) electrons. The van der Waals surface area contributed by atoms with E-state index in [1.807, 2.05) is 19.9 Å². The van der Waals surface area contributed by atoms with Gasteiger partial charge in [-0.2, -0.15) is 5.26 Å². The van der Waals surface area contributed by atoms with Crippen LogP contribution in [0.15, 0.2) is 30.0 Å². The molecule has 2 atom stereocenters. The molecule has 29 heavy (non-hydrogen) atoms. The molecule has 0 saturated carbocycles. The van der Waals surface area contributed by atoms with E-state index in [2.05, 4.69) is 10.1 Å². The van der Waals surface area contributed by atoms with Crippen LogP contribution in [0, 0.1) is 11.3 Å². The number of nitriles is 1. The molecule has 1 amide bonds. The predicted molar refractivity (Wildman–Crippen MR) is 103 cm³/mol. The molecule has 9 heteroatoms. The molecule has 1 aromatic carbocycles. The molecule has 0 aromatic heterocycles. The van der Waals surface area contributed by atoms with Gasteiger partial charge in [0.1, 0.15) is 11.6 Å². The smallest absolute Gasteiger partial charge is 0.339 e. The van der Waals surface area contributed by atoms with E-state index in [1.54, 1.807) is 4.90 Å². The lowest BCUT2D eigenvalue weighted by Crippen LogP contribution is -2.48. The van der Waals surface area contributed by atoms with Crippen LogP contribution in [0.4, 0.5) is 5.69 Å². The molecule has 1 heterocycles. The molecule has 1 aliphatic rings. The third-order valence-electron chi connectivity index (χ3n) is 4.28. The van der Waals surface area contributed by atoms with E-state index in [9.17, 15) is 19.6 Å². The summed E-state index contributed by atoms with van der Waals surface area (Å²) < 4.78 is 15.0. The van der Waals surface area contributed by atoms with Gasteiger partial charge in [0, 0.05) is 19.3 Å². The Hall–Kier alpha value is -3.38. The maximum absolute atomic E-state index is 12.7. The van der Waals surface area contributed by atoms with Crippen LogP contribution in [0.25, 0.3) is 0 Å². The zero-order valence-corrected chi connectivity index (χ0v) is 16.7. The van der Waals surface area contributed by atoms with Gasteiger partial charge in [0.25, 0.3) is 5.91 Å². The number of carbonyl (C=O) groups is 3. The van der Waals surface area contributed by atoms with E-state index in [0.29, 0.717) is 13.1 Å². The molecule has 154 valence electrons. The van der Waals surface area contributed by atoms with Crippen molar-refractivity contribution in [2.75, 3.05) is 32.6 Å². The number of morpholine rings is 1. The Morgan fingerprint density at radius 2 is 1.79 bits per heavy atom. The maximum atomic E-state index is 12.7. The summed E-state index contributed by atoms with van der Waals surface area (Å²) in [4.78, 5) is 38.0. The number of hydrogen-bond acceptors (Lipinski definition) is 8. The summed E-state index contributed by atoms with van der Waals surface area (Å²) in [7, 11) is 2.46. The third kappa shape index (κ3) is 5.33. The number of methoxy groups -OCH3 is 2. The first kappa shape index (κ1) is 21.9. The van der Waals surface area contributed by atoms with Gasteiger partial charge in [-0.05, 0) is 32.0 Å². The molecule has 2 unspecified atom stereocenters. The van der Waals surface area contributed by atoms with E-state index in [0.717, 1.165) is 0 Å². The number of nitrogens with one attached hydrogen (secondary N) is 1. The standard InChI is InChI=1S/C20H23N3O6/c1-12-10-23(11-13(2)29-12)18(24)15(8-21)9-22-17-7-14(19(25)27-3)5-6-16(17)20(26)28-4/h5-7,9,12-13,22H,10-11H2,1-4H3/b15-9-. The molecular weight excluding hydrogens is 378 g/mol. The topological polar surface area (TPSA) is 118 Å². The van der Waals surface area contributed by atoms with E-state index >= 15 is 0 Å². The highest BCUT2D eigenvalue weighted by atomic mass is 16.5. The van der Waals surface area contributed by atoms with Gasteiger partial charge >= 0.3 is 11.9 Å². The Balaban J connectivity index is 2.31. The van der Waals surface area contributed by atoms with Crippen molar-refractivity contribution in [1.82, 2.24) is 4.90 Å². The van der Waals surface area contributed by atoms with Crippen LogP contribution < -0.4 is 5.32 Å². The summed E-state index contributed by atoms with van der Waals surface area (Å²) >= 11 is 0. The number of rotatable bonds is 5. The number of hydrogen-bond donors (Lipinski definition) is 1. The second-order valence-electron chi connectivity index (χ2n) is 6.53. The number of amides is 1. The van der Waals surface area contributed by atoms with Crippen molar-refractivity contribution in [3.8, 4) is 6.07 Å². The number of carbonyl (C=O) groups excluding carboxylic acids is 3.